The zero-order valence-electron chi connectivity index (χ0n) is 11.2. The van der Waals surface area contributed by atoms with Gasteiger partial charge in [-0.3, -0.25) is 15.0 Å². The molecule has 0 bridgehead atoms. The van der Waals surface area contributed by atoms with E-state index in [0.29, 0.717) is 13.1 Å². The summed E-state index contributed by atoms with van der Waals surface area (Å²) in [6.07, 6.45) is 0. The molecule has 19 heavy (non-hydrogen) atoms. The summed E-state index contributed by atoms with van der Waals surface area (Å²) >= 11 is 0. The Balaban J connectivity index is 2.12. The standard InChI is InChI=1S/C11H22N4O4/c1-14-3-5-15(6-4-14)13-11(18)10(17)12-2-8-19-9-7-16/h16H,2-9H2,1H3,(H,12,17)(H,13,18). The lowest BCUT2D eigenvalue weighted by atomic mass is 10.4. The molecule has 0 aliphatic carbocycles. The van der Waals surface area contributed by atoms with Gasteiger partial charge in [0.15, 0.2) is 0 Å². The average Bonchev–Trinajstić information content (AvgIpc) is 2.41. The highest BCUT2D eigenvalue weighted by atomic mass is 16.5. The van der Waals surface area contributed by atoms with E-state index >= 15 is 0 Å². The van der Waals surface area contributed by atoms with Crippen LogP contribution in [0.3, 0.4) is 0 Å². The molecule has 0 aromatic carbocycles. The number of aliphatic hydroxyl groups is 1. The van der Waals surface area contributed by atoms with Crippen LogP contribution in [0.4, 0.5) is 0 Å². The Hall–Kier alpha value is -1.22. The van der Waals surface area contributed by atoms with Gasteiger partial charge in [0.1, 0.15) is 0 Å². The van der Waals surface area contributed by atoms with E-state index in [9.17, 15) is 9.59 Å². The van der Waals surface area contributed by atoms with Crippen LogP contribution in [0.5, 0.6) is 0 Å². The summed E-state index contributed by atoms with van der Waals surface area (Å²) in [5.74, 6) is -1.33. The maximum Gasteiger partial charge on any atom is 0.323 e. The lowest BCUT2D eigenvalue weighted by molar-refractivity contribution is -0.142. The van der Waals surface area contributed by atoms with E-state index in [0.717, 1.165) is 13.1 Å². The van der Waals surface area contributed by atoms with Crippen LogP contribution in [-0.4, -0.2) is 86.4 Å². The van der Waals surface area contributed by atoms with Crippen molar-refractivity contribution in [2.75, 3.05) is 59.6 Å². The normalized spacial score (nSPS) is 17.2. The molecule has 2 amide bonds. The van der Waals surface area contributed by atoms with Gasteiger partial charge in [-0.25, -0.2) is 5.01 Å². The van der Waals surface area contributed by atoms with Crippen molar-refractivity contribution in [1.82, 2.24) is 20.7 Å². The van der Waals surface area contributed by atoms with E-state index in [-0.39, 0.29) is 26.4 Å². The molecule has 1 saturated heterocycles. The van der Waals surface area contributed by atoms with Crippen molar-refractivity contribution in [3.63, 3.8) is 0 Å². The Morgan fingerprint density at radius 2 is 1.84 bits per heavy atom. The first-order valence-electron chi connectivity index (χ1n) is 6.34. The van der Waals surface area contributed by atoms with Crippen molar-refractivity contribution in [1.29, 1.82) is 0 Å². The quantitative estimate of drug-likeness (QED) is 0.363. The maximum atomic E-state index is 11.6. The summed E-state index contributed by atoms with van der Waals surface area (Å²) in [6.45, 7) is 3.81. The molecule has 3 N–H and O–H groups in total. The number of rotatable bonds is 6. The van der Waals surface area contributed by atoms with E-state index in [1.165, 1.54) is 0 Å². The molecule has 0 aromatic heterocycles. The number of hydrogen-bond acceptors (Lipinski definition) is 6. The number of hydrazine groups is 1. The third-order valence-electron chi connectivity index (χ3n) is 2.74. The molecule has 110 valence electrons. The fourth-order valence-electron chi connectivity index (χ4n) is 1.60. The molecule has 0 spiro atoms. The van der Waals surface area contributed by atoms with E-state index in [2.05, 4.69) is 15.6 Å². The van der Waals surface area contributed by atoms with Gasteiger partial charge in [0.2, 0.25) is 0 Å². The highest BCUT2D eigenvalue weighted by Gasteiger charge is 2.19. The minimum Gasteiger partial charge on any atom is -0.394 e. The van der Waals surface area contributed by atoms with Gasteiger partial charge < -0.3 is 20.1 Å². The van der Waals surface area contributed by atoms with Gasteiger partial charge >= 0.3 is 11.8 Å². The van der Waals surface area contributed by atoms with Gasteiger partial charge in [0.25, 0.3) is 0 Å². The molecule has 1 fully saturated rings. The lowest BCUT2D eigenvalue weighted by Gasteiger charge is -2.32. The molecule has 0 atom stereocenters. The molecule has 1 aliphatic heterocycles. The van der Waals surface area contributed by atoms with E-state index in [4.69, 9.17) is 9.84 Å². The second-order valence-electron chi connectivity index (χ2n) is 4.32. The fraction of sp³-hybridized carbons (Fsp3) is 0.818. The van der Waals surface area contributed by atoms with Crippen molar-refractivity contribution in [3.05, 3.63) is 0 Å². The Bertz CT molecular complexity index is 292. The number of amides is 2. The van der Waals surface area contributed by atoms with Gasteiger partial charge in [-0.15, -0.1) is 0 Å². The number of piperazine rings is 1. The number of likely N-dealkylation sites (N-methyl/N-ethyl adjacent to an activating group) is 1. The van der Waals surface area contributed by atoms with Crippen LogP contribution in [0.15, 0.2) is 0 Å². The zero-order valence-corrected chi connectivity index (χ0v) is 11.2. The third kappa shape index (κ3) is 6.48. The minimum absolute atomic E-state index is 0.0577. The molecule has 8 heteroatoms. The minimum atomic E-state index is -0.675. The first-order valence-corrected chi connectivity index (χ1v) is 6.34. The van der Waals surface area contributed by atoms with Crippen LogP contribution < -0.4 is 10.7 Å². The van der Waals surface area contributed by atoms with E-state index < -0.39 is 11.8 Å². The number of aliphatic hydroxyl groups excluding tert-OH is 1. The summed E-state index contributed by atoms with van der Waals surface area (Å²) in [4.78, 5) is 25.2. The van der Waals surface area contributed by atoms with Gasteiger partial charge in [0.05, 0.1) is 19.8 Å². The monoisotopic (exact) mass is 274 g/mol. The van der Waals surface area contributed by atoms with Gasteiger partial charge in [-0.1, -0.05) is 0 Å². The molecule has 0 unspecified atom stereocenters. The van der Waals surface area contributed by atoms with Crippen molar-refractivity contribution < 1.29 is 19.4 Å². The molecule has 0 radical (unpaired) electrons. The molecule has 0 aromatic rings. The van der Waals surface area contributed by atoms with Crippen LogP contribution in [0.25, 0.3) is 0 Å². The Morgan fingerprint density at radius 3 is 2.47 bits per heavy atom. The van der Waals surface area contributed by atoms with Crippen LogP contribution >= 0.6 is 0 Å². The zero-order chi connectivity index (χ0) is 14.1. The van der Waals surface area contributed by atoms with Crippen LogP contribution in [0.1, 0.15) is 0 Å². The highest BCUT2D eigenvalue weighted by Crippen LogP contribution is 1.94. The number of hydrogen-bond donors (Lipinski definition) is 3. The summed E-state index contributed by atoms with van der Waals surface area (Å²) < 4.78 is 4.96. The SMILES string of the molecule is CN1CCN(NC(=O)C(=O)NCCOCCO)CC1. The molecular weight excluding hydrogens is 252 g/mol. The number of nitrogens with one attached hydrogen (secondary N) is 2. The largest absolute Gasteiger partial charge is 0.394 e. The number of carbonyl (C=O) groups excluding carboxylic acids is 2. The van der Waals surface area contributed by atoms with E-state index in [1.807, 2.05) is 7.05 Å². The fourth-order valence-corrected chi connectivity index (χ4v) is 1.60. The average molecular weight is 274 g/mol. The molecule has 1 rings (SSSR count). The maximum absolute atomic E-state index is 11.6. The second kappa shape index (κ2) is 8.81. The van der Waals surface area contributed by atoms with Gasteiger partial charge in [0, 0.05) is 32.7 Å². The summed E-state index contributed by atoms with van der Waals surface area (Å²) in [5, 5.41) is 12.7. The van der Waals surface area contributed by atoms with Crippen molar-refractivity contribution >= 4 is 11.8 Å². The number of carbonyl (C=O) groups is 2. The van der Waals surface area contributed by atoms with Crippen molar-refractivity contribution in [2.24, 2.45) is 0 Å². The first-order chi connectivity index (χ1) is 9.13. The second-order valence-corrected chi connectivity index (χ2v) is 4.32. The molecule has 0 saturated carbocycles. The Kier molecular flexibility index (Phi) is 7.34. The van der Waals surface area contributed by atoms with Crippen LogP contribution in [0, 0.1) is 0 Å². The van der Waals surface area contributed by atoms with Crippen LogP contribution in [-0.2, 0) is 14.3 Å². The van der Waals surface area contributed by atoms with Gasteiger partial charge in [-0.2, -0.15) is 0 Å². The van der Waals surface area contributed by atoms with Gasteiger partial charge in [-0.05, 0) is 7.05 Å². The predicted molar refractivity (Wildman–Crippen MR) is 68.1 cm³/mol. The molecule has 1 aliphatic rings. The van der Waals surface area contributed by atoms with Crippen molar-refractivity contribution in [3.8, 4) is 0 Å². The topological polar surface area (TPSA) is 94.1 Å². The summed E-state index contributed by atoms with van der Waals surface area (Å²) in [7, 11) is 2.01. The Morgan fingerprint density at radius 1 is 1.16 bits per heavy atom. The first kappa shape index (κ1) is 15.8. The Labute approximate surface area is 112 Å². The summed E-state index contributed by atoms with van der Waals surface area (Å²) in [5.41, 5.74) is 2.57. The van der Waals surface area contributed by atoms with Crippen molar-refractivity contribution in [2.45, 2.75) is 0 Å². The predicted octanol–water partition coefficient (Wildman–Crippen LogP) is -2.61. The molecular formula is C11H22N4O4. The van der Waals surface area contributed by atoms with Crippen LogP contribution in [0.2, 0.25) is 0 Å². The number of ether oxygens (including phenoxy) is 1. The lowest BCUT2D eigenvalue weighted by Crippen LogP contribution is -2.55. The smallest absolute Gasteiger partial charge is 0.323 e. The molecule has 1 heterocycles. The highest BCUT2D eigenvalue weighted by molar-refractivity contribution is 6.34. The summed E-state index contributed by atoms with van der Waals surface area (Å²) in [6, 6.07) is 0. The number of nitrogens with zero attached hydrogens (tertiary/aromatic N) is 2. The third-order valence-corrected chi connectivity index (χ3v) is 2.74. The van der Waals surface area contributed by atoms with E-state index in [1.54, 1.807) is 5.01 Å². The molecule has 8 nitrogen and oxygen atoms in total.